The first kappa shape index (κ1) is 11.4. The summed E-state index contributed by atoms with van der Waals surface area (Å²) in [6, 6.07) is 0.722. The van der Waals surface area contributed by atoms with Gasteiger partial charge in [-0.3, -0.25) is 0 Å². The number of aliphatic hydroxyl groups is 2. The van der Waals surface area contributed by atoms with E-state index in [1.165, 1.54) is 7.11 Å². The third kappa shape index (κ3) is 3.53. The second kappa shape index (κ2) is 5.96. The van der Waals surface area contributed by atoms with Crippen LogP contribution in [-0.2, 0) is 4.43 Å². The van der Waals surface area contributed by atoms with Gasteiger partial charge in [0.2, 0.25) is 8.32 Å². The molecule has 0 spiro atoms. The van der Waals surface area contributed by atoms with Crippen molar-refractivity contribution in [1.29, 1.82) is 0 Å². The van der Waals surface area contributed by atoms with Gasteiger partial charge >= 0.3 is 0 Å². The van der Waals surface area contributed by atoms with Crippen LogP contribution < -0.4 is 0 Å². The Morgan fingerprint density at radius 1 is 1.36 bits per heavy atom. The summed E-state index contributed by atoms with van der Waals surface area (Å²) in [6.07, 6.45) is 0.733. The zero-order valence-electron chi connectivity index (χ0n) is 6.72. The minimum atomic E-state index is -2.21. The molecule has 0 aliphatic carbocycles. The standard InChI is InChI=1S/C6H15ClO3Si/c1-10-11(5-8,6-9)4-2-3-7/h8-9H,2-6H2,1H3. The Bertz CT molecular complexity index is 89.6. The first-order valence-corrected chi connectivity index (χ1v) is 6.64. The summed E-state index contributed by atoms with van der Waals surface area (Å²) in [6.45, 7) is 0. The molecule has 0 aliphatic rings. The molecule has 0 amide bonds. The molecule has 68 valence electrons. The molecular weight excluding hydrogens is 184 g/mol. The first-order valence-electron chi connectivity index (χ1n) is 3.57. The van der Waals surface area contributed by atoms with Crippen molar-refractivity contribution < 1.29 is 14.6 Å². The molecule has 0 saturated carbocycles. The zero-order valence-corrected chi connectivity index (χ0v) is 8.47. The minimum absolute atomic E-state index is 0.0309. The maximum absolute atomic E-state index is 8.94. The predicted molar refractivity (Wildman–Crippen MR) is 47.1 cm³/mol. The van der Waals surface area contributed by atoms with Gasteiger partial charge in [0.25, 0.3) is 0 Å². The summed E-state index contributed by atoms with van der Waals surface area (Å²) in [5.74, 6) is 0.554. The van der Waals surface area contributed by atoms with Gasteiger partial charge in [-0.05, 0) is 12.5 Å². The van der Waals surface area contributed by atoms with Gasteiger partial charge in [0.15, 0.2) is 0 Å². The molecular formula is C6H15ClO3Si. The highest BCUT2D eigenvalue weighted by atomic mass is 35.5. The van der Waals surface area contributed by atoms with Crippen LogP contribution in [0.3, 0.4) is 0 Å². The molecule has 0 aromatic rings. The average molecular weight is 199 g/mol. The van der Waals surface area contributed by atoms with Crippen molar-refractivity contribution >= 4 is 19.9 Å². The lowest BCUT2D eigenvalue weighted by Crippen LogP contribution is -2.46. The second-order valence-corrected chi connectivity index (χ2v) is 6.78. The van der Waals surface area contributed by atoms with E-state index in [0.29, 0.717) is 5.88 Å². The van der Waals surface area contributed by atoms with Gasteiger partial charge in [-0.15, -0.1) is 11.6 Å². The van der Waals surface area contributed by atoms with Gasteiger partial charge < -0.3 is 14.6 Å². The van der Waals surface area contributed by atoms with Crippen molar-refractivity contribution in [2.24, 2.45) is 0 Å². The summed E-state index contributed by atoms with van der Waals surface area (Å²) < 4.78 is 5.12. The fourth-order valence-corrected chi connectivity index (χ4v) is 2.89. The SMILES string of the molecule is CO[Si](CO)(CO)CCCCl. The van der Waals surface area contributed by atoms with E-state index in [2.05, 4.69) is 0 Å². The molecule has 0 unspecified atom stereocenters. The highest BCUT2D eigenvalue weighted by Gasteiger charge is 2.31. The number of hydrogen-bond acceptors (Lipinski definition) is 3. The minimum Gasteiger partial charge on any atom is -0.415 e. The van der Waals surface area contributed by atoms with E-state index in [1.54, 1.807) is 0 Å². The van der Waals surface area contributed by atoms with Gasteiger partial charge in [-0.1, -0.05) is 0 Å². The van der Waals surface area contributed by atoms with Crippen LogP contribution in [0.25, 0.3) is 0 Å². The maximum atomic E-state index is 8.94. The van der Waals surface area contributed by atoms with Crippen LogP contribution >= 0.6 is 11.6 Å². The highest BCUT2D eigenvalue weighted by molar-refractivity contribution is 6.73. The lowest BCUT2D eigenvalue weighted by molar-refractivity contribution is 0.253. The third-order valence-electron chi connectivity index (χ3n) is 1.78. The van der Waals surface area contributed by atoms with Crippen LogP contribution in [0, 0.1) is 0 Å². The van der Waals surface area contributed by atoms with Crippen LogP contribution in [0.15, 0.2) is 0 Å². The monoisotopic (exact) mass is 198 g/mol. The average Bonchev–Trinajstić information content (AvgIpc) is 2.08. The molecule has 0 saturated heterocycles. The predicted octanol–water partition coefficient (Wildman–Crippen LogP) is 0.270. The van der Waals surface area contributed by atoms with Crippen molar-refractivity contribution in [3.63, 3.8) is 0 Å². The molecule has 11 heavy (non-hydrogen) atoms. The van der Waals surface area contributed by atoms with Crippen molar-refractivity contribution in [1.82, 2.24) is 0 Å². The molecule has 5 heteroatoms. The molecule has 0 aromatic carbocycles. The normalized spacial score (nSPS) is 12.0. The number of aliphatic hydroxyl groups excluding tert-OH is 2. The van der Waals surface area contributed by atoms with Crippen LogP contribution in [-0.4, -0.2) is 44.0 Å². The Morgan fingerprint density at radius 3 is 2.18 bits per heavy atom. The largest absolute Gasteiger partial charge is 0.415 e. The van der Waals surface area contributed by atoms with Gasteiger partial charge in [0.1, 0.15) is 0 Å². The molecule has 0 radical (unpaired) electrons. The van der Waals surface area contributed by atoms with E-state index in [-0.39, 0.29) is 12.5 Å². The molecule has 0 aromatic heterocycles. The summed E-state index contributed by atoms with van der Waals surface area (Å²) in [4.78, 5) is 0. The Balaban J connectivity index is 3.84. The highest BCUT2D eigenvalue weighted by Crippen LogP contribution is 2.12. The summed E-state index contributed by atoms with van der Waals surface area (Å²) >= 11 is 5.48. The quantitative estimate of drug-likeness (QED) is 0.476. The van der Waals surface area contributed by atoms with E-state index in [9.17, 15) is 0 Å². The Hall–Kier alpha value is 0.387. The van der Waals surface area contributed by atoms with Gasteiger partial charge in [-0.25, -0.2) is 0 Å². The Morgan fingerprint density at radius 2 is 1.91 bits per heavy atom. The molecule has 0 bridgehead atoms. The van der Waals surface area contributed by atoms with Crippen molar-refractivity contribution in [2.75, 3.05) is 25.5 Å². The van der Waals surface area contributed by atoms with Crippen LogP contribution in [0.2, 0.25) is 6.04 Å². The lowest BCUT2D eigenvalue weighted by Gasteiger charge is -2.24. The smallest absolute Gasteiger partial charge is 0.242 e. The van der Waals surface area contributed by atoms with E-state index in [0.717, 1.165) is 12.5 Å². The van der Waals surface area contributed by atoms with Gasteiger partial charge in [0.05, 0.1) is 12.5 Å². The van der Waals surface area contributed by atoms with Crippen LogP contribution in [0.5, 0.6) is 0 Å². The Labute approximate surface area is 73.1 Å². The molecule has 3 nitrogen and oxygen atoms in total. The lowest BCUT2D eigenvalue weighted by atomic mass is 10.6. The van der Waals surface area contributed by atoms with E-state index >= 15 is 0 Å². The molecule has 0 atom stereocenters. The molecule has 0 fully saturated rings. The summed E-state index contributed by atoms with van der Waals surface area (Å²) in [5, 5.41) is 17.9. The van der Waals surface area contributed by atoms with E-state index in [1.807, 2.05) is 0 Å². The number of halogens is 1. The number of hydrogen-bond donors (Lipinski definition) is 2. The molecule has 2 N–H and O–H groups in total. The van der Waals surface area contributed by atoms with Gasteiger partial charge in [0, 0.05) is 13.0 Å². The molecule has 0 rings (SSSR count). The first-order chi connectivity index (χ1) is 5.24. The fraction of sp³-hybridized carbons (Fsp3) is 1.00. The number of rotatable bonds is 6. The maximum Gasteiger partial charge on any atom is 0.242 e. The van der Waals surface area contributed by atoms with E-state index in [4.69, 9.17) is 26.2 Å². The van der Waals surface area contributed by atoms with Crippen molar-refractivity contribution in [2.45, 2.75) is 12.5 Å². The van der Waals surface area contributed by atoms with E-state index < -0.39 is 8.32 Å². The van der Waals surface area contributed by atoms with Gasteiger partial charge in [-0.2, -0.15) is 0 Å². The van der Waals surface area contributed by atoms with Crippen LogP contribution in [0.1, 0.15) is 6.42 Å². The molecule has 0 heterocycles. The summed E-state index contributed by atoms with van der Waals surface area (Å²) in [7, 11) is -0.677. The number of alkyl halides is 1. The Kier molecular flexibility index (Phi) is 6.17. The topological polar surface area (TPSA) is 49.7 Å². The van der Waals surface area contributed by atoms with Crippen molar-refractivity contribution in [3.8, 4) is 0 Å². The second-order valence-electron chi connectivity index (χ2n) is 2.50. The van der Waals surface area contributed by atoms with Crippen LogP contribution in [0.4, 0.5) is 0 Å². The van der Waals surface area contributed by atoms with Crippen molar-refractivity contribution in [3.05, 3.63) is 0 Å². The summed E-state index contributed by atoms with van der Waals surface area (Å²) in [5.41, 5.74) is 0. The fourth-order valence-electron chi connectivity index (χ4n) is 0.828. The zero-order chi connectivity index (χ0) is 8.74. The third-order valence-corrected chi connectivity index (χ3v) is 5.33. The molecule has 0 aliphatic heterocycles.